The van der Waals surface area contributed by atoms with Crippen LogP contribution in [0.5, 0.6) is 0 Å². The van der Waals surface area contributed by atoms with Gasteiger partial charge in [-0.15, -0.1) is 0 Å². The fourth-order valence-electron chi connectivity index (χ4n) is 1.83. The lowest BCUT2D eigenvalue weighted by Gasteiger charge is -2.10. The molecule has 62 valence electrons. The molecule has 0 aromatic rings. The van der Waals surface area contributed by atoms with E-state index in [-0.39, 0.29) is 12.0 Å². The molecule has 2 fully saturated rings. The largest absolute Gasteiger partial charge is 0.465 e. The quantitative estimate of drug-likeness (QED) is 0.577. The SMILES string of the molecule is CCOC(=O)[C@H]1NC[C@@H]2C[C@@H]21. The van der Waals surface area contributed by atoms with Gasteiger partial charge in [0, 0.05) is 0 Å². The van der Waals surface area contributed by atoms with Crippen LogP contribution in [0.1, 0.15) is 13.3 Å². The maximum Gasteiger partial charge on any atom is 0.323 e. The first-order chi connectivity index (χ1) is 5.33. The molecule has 1 N–H and O–H groups in total. The minimum Gasteiger partial charge on any atom is -0.465 e. The van der Waals surface area contributed by atoms with Gasteiger partial charge in [0.2, 0.25) is 0 Å². The predicted octanol–water partition coefficient (Wildman–Crippen LogP) is 0.157. The molecular formula is C8H13NO2. The number of esters is 1. The van der Waals surface area contributed by atoms with Crippen molar-refractivity contribution < 1.29 is 9.53 Å². The number of rotatable bonds is 2. The topological polar surface area (TPSA) is 38.3 Å². The molecule has 3 atom stereocenters. The van der Waals surface area contributed by atoms with Gasteiger partial charge >= 0.3 is 5.97 Å². The summed E-state index contributed by atoms with van der Waals surface area (Å²) in [6, 6.07) is 0.0138. The van der Waals surface area contributed by atoms with E-state index >= 15 is 0 Å². The van der Waals surface area contributed by atoms with Gasteiger partial charge in [-0.05, 0) is 31.7 Å². The molecule has 3 nitrogen and oxygen atoms in total. The highest BCUT2D eigenvalue weighted by Gasteiger charge is 2.51. The normalized spacial score (nSPS) is 39.9. The zero-order chi connectivity index (χ0) is 7.84. The Morgan fingerprint density at radius 1 is 1.73 bits per heavy atom. The number of ether oxygens (including phenoxy) is 1. The number of piperidine rings is 1. The lowest BCUT2D eigenvalue weighted by atomic mass is 10.2. The van der Waals surface area contributed by atoms with E-state index in [2.05, 4.69) is 5.32 Å². The molecule has 1 heterocycles. The van der Waals surface area contributed by atoms with Gasteiger partial charge < -0.3 is 10.1 Å². The van der Waals surface area contributed by atoms with E-state index < -0.39 is 0 Å². The van der Waals surface area contributed by atoms with E-state index in [1.807, 2.05) is 6.92 Å². The van der Waals surface area contributed by atoms with Gasteiger partial charge in [-0.2, -0.15) is 0 Å². The lowest BCUT2D eigenvalue weighted by molar-refractivity contribution is -0.145. The Kier molecular flexibility index (Phi) is 1.60. The standard InChI is InChI=1S/C8H13NO2/c1-2-11-8(10)7-6-3-5(6)4-9-7/h5-7,9H,2-4H2,1H3/t5-,6-,7-/m0/s1. The minimum atomic E-state index is -0.0579. The molecular weight excluding hydrogens is 142 g/mol. The van der Waals surface area contributed by atoms with Gasteiger partial charge in [-0.1, -0.05) is 0 Å². The van der Waals surface area contributed by atoms with Crippen LogP contribution < -0.4 is 5.32 Å². The molecule has 1 saturated heterocycles. The zero-order valence-electron chi connectivity index (χ0n) is 6.67. The summed E-state index contributed by atoms with van der Waals surface area (Å²) in [5.74, 6) is 1.30. The Labute approximate surface area is 66.1 Å². The summed E-state index contributed by atoms with van der Waals surface area (Å²) in [6.07, 6.45) is 1.22. The molecule has 2 rings (SSSR count). The number of fused-ring (bicyclic) bond motifs is 1. The highest BCUT2D eigenvalue weighted by molar-refractivity contribution is 5.77. The zero-order valence-corrected chi connectivity index (χ0v) is 6.67. The first kappa shape index (κ1) is 7.10. The Hall–Kier alpha value is -0.570. The molecule has 0 aromatic heterocycles. The lowest BCUT2D eigenvalue weighted by Crippen LogP contribution is -2.36. The summed E-state index contributed by atoms with van der Waals surface area (Å²) in [6.45, 7) is 3.35. The van der Waals surface area contributed by atoms with Gasteiger partial charge in [-0.25, -0.2) is 0 Å². The van der Waals surface area contributed by atoms with Crippen molar-refractivity contribution in [1.29, 1.82) is 0 Å². The van der Waals surface area contributed by atoms with Crippen LogP contribution in [-0.4, -0.2) is 25.2 Å². The van der Waals surface area contributed by atoms with Crippen LogP contribution in [0, 0.1) is 11.8 Å². The number of hydrogen-bond donors (Lipinski definition) is 1. The summed E-state index contributed by atoms with van der Waals surface area (Å²) in [4.78, 5) is 11.2. The smallest absolute Gasteiger partial charge is 0.323 e. The molecule has 0 radical (unpaired) electrons. The second-order valence-corrected chi connectivity index (χ2v) is 3.30. The van der Waals surface area contributed by atoms with Gasteiger partial charge in [-0.3, -0.25) is 4.79 Å². The third kappa shape index (κ3) is 1.13. The molecule has 0 amide bonds. The highest BCUT2D eigenvalue weighted by atomic mass is 16.5. The molecule has 1 aliphatic carbocycles. The Balaban J connectivity index is 1.89. The molecule has 3 heteroatoms. The summed E-state index contributed by atoms with van der Waals surface area (Å²) >= 11 is 0. The summed E-state index contributed by atoms with van der Waals surface area (Å²) in [5, 5.41) is 3.17. The predicted molar refractivity (Wildman–Crippen MR) is 40.0 cm³/mol. The number of nitrogens with one attached hydrogen (secondary N) is 1. The monoisotopic (exact) mass is 155 g/mol. The van der Waals surface area contributed by atoms with Crippen LogP contribution in [0.2, 0.25) is 0 Å². The van der Waals surface area contributed by atoms with Crippen LogP contribution in [0.4, 0.5) is 0 Å². The van der Waals surface area contributed by atoms with Crippen molar-refractivity contribution in [1.82, 2.24) is 5.32 Å². The first-order valence-corrected chi connectivity index (χ1v) is 4.23. The van der Waals surface area contributed by atoms with Crippen molar-refractivity contribution in [3.8, 4) is 0 Å². The third-order valence-electron chi connectivity index (χ3n) is 2.55. The molecule has 0 bridgehead atoms. The number of hydrogen-bond acceptors (Lipinski definition) is 3. The van der Waals surface area contributed by atoms with Crippen molar-refractivity contribution in [2.45, 2.75) is 19.4 Å². The van der Waals surface area contributed by atoms with E-state index in [1.54, 1.807) is 0 Å². The first-order valence-electron chi connectivity index (χ1n) is 4.23. The number of carbonyl (C=O) groups excluding carboxylic acids is 1. The molecule has 0 spiro atoms. The Morgan fingerprint density at radius 3 is 3.00 bits per heavy atom. The van der Waals surface area contributed by atoms with Crippen LogP contribution >= 0.6 is 0 Å². The van der Waals surface area contributed by atoms with Gasteiger partial charge in [0.05, 0.1) is 6.61 Å². The average molecular weight is 155 g/mol. The van der Waals surface area contributed by atoms with E-state index in [9.17, 15) is 4.79 Å². The van der Waals surface area contributed by atoms with E-state index in [4.69, 9.17) is 4.74 Å². The fourth-order valence-corrected chi connectivity index (χ4v) is 1.83. The Bertz CT molecular complexity index is 181. The molecule has 1 aliphatic heterocycles. The molecule has 0 aromatic carbocycles. The summed E-state index contributed by atoms with van der Waals surface area (Å²) < 4.78 is 4.92. The van der Waals surface area contributed by atoms with Crippen LogP contribution in [-0.2, 0) is 9.53 Å². The van der Waals surface area contributed by atoms with Crippen LogP contribution in [0.25, 0.3) is 0 Å². The maximum absolute atomic E-state index is 11.2. The van der Waals surface area contributed by atoms with E-state index in [0.29, 0.717) is 12.5 Å². The van der Waals surface area contributed by atoms with Crippen molar-refractivity contribution in [2.24, 2.45) is 11.8 Å². The third-order valence-corrected chi connectivity index (χ3v) is 2.55. The molecule has 0 unspecified atom stereocenters. The highest BCUT2D eigenvalue weighted by Crippen LogP contribution is 2.45. The second kappa shape index (κ2) is 2.48. The van der Waals surface area contributed by atoms with Gasteiger partial charge in [0.1, 0.15) is 6.04 Å². The van der Waals surface area contributed by atoms with Crippen molar-refractivity contribution in [2.75, 3.05) is 13.2 Å². The number of carbonyl (C=O) groups is 1. The molecule has 11 heavy (non-hydrogen) atoms. The molecule has 1 saturated carbocycles. The van der Waals surface area contributed by atoms with Crippen molar-refractivity contribution >= 4 is 5.97 Å². The maximum atomic E-state index is 11.2. The van der Waals surface area contributed by atoms with E-state index in [1.165, 1.54) is 6.42 Å². The van der Waals surface area contributed by atoms with Crippen molar-refractivity contribution in [3.63, 3.8) is 0 Å². The molecule has 2 aliphatic rings. The minimum absolute atomic E-state index is 0.0138. The van der Waals surface area contributed by atoms with Crippen molar-refractivity contribution in [3.05, 3.63) is 0 Å². The summed E-state index contributed by atoms with van der Waals surface area (Å²) in [5.41, 5.74) is 0. The average Bonchev–Trinajstić information content (AvgIpc) is 2.63. The fraction of sp³-hybridized carbons (Fsp3) is 0.875. The van der Waals surface area contributed by atoms with Crippen LogP contribution in [0.15, 0.2) is 0 Å². The van der Waals surface area contributed by atoms with E-state index in [0.717, 1.165) is 12.5 Å². The van der Waals surface area contributed by atoms with Gasteiger partial charge in [0.15, 0.2) is 0 Å². The van der Waals surface area contributed by atoms with Crippen LogP contribution in [0.3, 0.4) is 0 Å². The Morgan fingerprint density at radius 2 is 2.55 bits per heavy atom. The van der Waals surface area contributed by atoms with Gasteiger partial charge in [0.25, 0.3) is 0 Å². The second-order valence-electron chi connectivity index (χ2n) is 3.30. The summed E-state index contributed by atoms with van der Waals surface area (Å²) in [7, 11) is 0.